The molecular weight excluding hydrogens is 767 g/mol. The van der Waals surface area contributed by atoms with E-state index >= 15 is 0 Å². The highest BCUT2D eigenvalue weighted by Gasteiger charge is 2.71. The van der Waals surface area contributed by atoms with Gasteiger partial charge in [0.1, 0.15) is 6.10 Å². The standard InChI is InChI=1S/C48H80N4O4.2ClH/c1-33(2)36-12-17-48(32-55-42(53)34(3)51-26-20-49(21-27-51)22-28-51)19-18-46(8)37(41(36)48)10-11-39-45(7)15-14-40(44(5,6)38(45)13-16-47(39,46)9)56-43(54)35(4)52-29-23-50(24-30-52)25-31-52;;/h34-41H,1,10-32H2,2-9H3;2*1H/q+2;;/t34?,35?,36-,37?,38?,39?,40-,41?,45-,46+,47+,48+;;/m0../s1. The van der Waals surface area contributed by atoms with Gasteiger partial charge in [0, 0.05) is 50.1 Å². The fourth-order valence-electron chi connectivity index (χ4n) is 17.3. The molecule has 0 radical (unpaired) electrons. The van der Waals surface area contributed by atoms with Gasteiger partial charge in [-0.15, -0.1) is 24.8 Å². The minimum absolute atomic E-state index is 0. The number of ether oxygens (including phenoxy) is 2. The van der Waals surface area contributed by atoms with Crippen molar-refractivity contribution in [1.82, 2.24) is 9.80 Å². The van der Waals surface area contributed by atoms with Gasteiger partial charge in [0.05, 0.1) is 45.9 Å². The lowest BCUT2D eigenvalue weighted by Gasteiger charge is -2.73. The van der Waals surface area contributed by atoms with Crippen molar-refractivity contribution >= 4 is 36.8 Å². The fourth-order valence-corrected chi connectivity index (χ4v) is 17.3. The second-order valence-electron chi connectivity index (χ2n) is 23.3. The van der Waals surface area contributed by atoms with Gasteiger partial charge < -0.3 is 18.4 Å². The van der Waals surface area contributed by atoms with Crippen molar-refractivity contribution in [3.05, 3.63) is 12.2 Å². The van der Waals surface area contributed by atoms with Crippen molar-refractivity contribution in [2.75, 3.05) is 85.1 Å². The van der Waals surface area contributed by atoms with Gasteiger partial charge in [-0.25, -0.2) is 9.59 Å². The van der Waals surface area contributed by atoms with Gasteiger partial charge in [-0.05, 0) is 131 Å². The summed E-state index contributed by atoms with van der Waals surface area (Å²) in [5.74, 6) is 3.02. The van der Waals surface area contributed by atoms with Crippen molar-refractivity contribution in [2.45, 2.75) is 138 Å². The van der Waals surface area contributed by atoms with Crippen LogP contribution in [0.5, 0.6) is 0 Å². The molecule has 11 fully saturated rings. The molecule has 0 N–H and O–H groups in total. The SMILES string of the molecule is C=C(C)[C@@H]1CC[C@]2(COC(=O)C(C)[N+]34CCN(CC3)CC4)CC[C@]3(C)C(CCC4[C@@]5(C)CC[C@H](OC(=O)C(C)[N+]67CCN(CC6)CC7)C(C)(C)C5CC[C@]43C)C12.Cl.Cl. The molecule has 5 aliphatic carbocycles. The lowest BCUT2D eigenvalue weighted by atomic mass is 9.32. The number of allylic oxidation sites excluding steroid dienone is 1. The maximum Gasteiger partial charge on any atom is 0.364 e. The topological polar surface area (TPSA) is 59.1 Å². The van der Waals surface area contributed by atoms with Crippen LogP contribution in [0.2, 0.25) is 0 Å². The molecule has 330 valence electrons. The Balaban J connectivity index is 0.00000256. The molecule has 6 unspecified atom stereocenters. The van der Waals surface area contributed by atoms with Gasteiger partial charge in [0.25, 0.3) is 0 Å². The number of carbonyl (C=O) groups excluding carboxylic acids is 2. The van der Waals surface area contributed by atoms with Crippen LogP contribution in [-0.2, 0) is 19.1 Å². The Labute approximate surface area is 364 Å². The molecule has 6 saturated heterocycles. The lowest BCUT2D eigenvalue weighted by molar-refractivity contribution is -0.954. The summed E-state index contributed by atoms with van der Waals surface area (Å²) in [6, 6.07) is -0.139. The zero-order valence-electron chi connectivity index (χ0n) is 37.8. The second kappa shape index (κ2) is 15.4. The van der Waals surface area contributed by atoms with Crippen LogP contribution in [0.3, 0.4) is 0 Å². The van der Waals surface area contributed by atoms with Gasteiger partial charge >= 0.3 is 11.9 Å². The molecule has 0 aromatic rings. The van der Waals surface area contributed by atoms with Crippen LogP contribution in [0.15, 0.2) is 12.2 Å². The molecule has 10 heteroatoms. The summed E-state index contributed by atoms with van der Waals surface area (Å²) in [5.41, 5.74) is 2.11. The van der Waals surface area contributed by atoms with E-state index < -0.39 is 0 Å². The molecule has 0 amide bonds. The summed E-state index contributed by atoms with van der Waals surface area (Å²) >= 11 is 0. The van der Waals surface area contributed by atoms with E-state index in [-0.39, 0.29) is 82.0 Å². The van der Waals surface area contributed by atoms with Crippen LogP contribution in [0.25, 0.3) is 0 Å². The molecule has 0 aromatic heterocycles. The van der Waals surface area contributed by atoms with Crippen molar-refractivity contribution in [3.8, 4) is 0 Å². The number of piperazine rings is 6. The minimum atomic E-state index is -0.0699. The highest BCUT2D eigenvalue weighted by Crippen LogP contribution is 2.77. The highest BCUT2D eigenvalue weighted by atomic mass is 35.5. The maximum absolute atomic E-state index is 14.0. The molecule has 11 rings (SSSR count). The Bertz CT molecular complexity index is 1560. The molecular formula is C48H82Cl2N4O4+2. The molecule has 5 saturated carbocycles. The number of hydrogen-bond acceptors (Lipinski definition) is 6. The monoisotopic (exact) mass is 849 g/mol. The number of esters is 2. The molecule has 6 heterocycles. The smallest absolute Gasteiger partial charge is 0.364 e. The van der Waals surface area contributed by atoms with Crippen LogP contribution < -0.4 is 0 Å². The van der Waals surface area contributed by atoms with Crippen LogP contribution in [0, 0.1) is 56.7 Å². The molecule has 12 atom stereocenters. The van der Waals surface area contributed by atoms with Gasteiger partial charge in [-0.2, -0.15) is 0 Å². The quantitative estimate of drug-likeness (QED) is 0.140. The summed E-state index contributed by atoms with van der Waals surface area (Å²) in [6.45, 7) is 38.1. The average molecular weight is 850 g/mol. The van der Waals surface area contributed by atoms with E-state index in [0.717, 1.165) is 100 Å². The summed E-state index contributed by atoms with van der Waals surface area (Å²) in [5, 5.41) is 0. The van der Waals surface area contributed by atoms with E-state index in [0.29, 0.717) is 36.2 Å². The van der Waals surface area contributed by atoms with Gasteiger partial charge in [0.2, 0.25) is 0 Å². The summed E-state index contributed by atoms with van der Waals surface area (Å²) in [4.78, 5) is 33.1. The zero-order chi connectivity index (χ0) is 39.7. The van der Waals surface area contributed by atoms with Crippen LogP contribution in [0.1, 0.15) is 120 Å². The van der Waals surface area contributed by atoms with Crippen molar-refractivity contribution in [2.24, 2.45) is 56.7 Å². The van der Waals surface area contributed by atoms with Crippen molar-refractivity contribution in [1.29, 1.82) is 0 Å². The first kappa shape index (κ1) is 45.1. The number of quaternary nitrogens is 2. The number of halogens is 2. The Kier molecular flexibility index (Phi) is 12.0. The van der Waals surface area contributed by atoms with Crippen LogP contribution in [-0.4, -0.2) is 134 Å². The largest absolute Gasteiger partial charge is 0.461 e. The van der Waals surface area contributed by atoms with E-state index in [4.69, 9.17) is 9.47 Å². The summed E-state index contributed by atoms with van der Waals surface area (Å²) in [6.07, 6.45) is 12.0. The number of nitrogens with zero attached hydrogens (tertiary/aromatic N) is 4. The van der Waals surface area contributed by atoms with E-state index in [1.807, 2.05) is 0 Å². The lowest BCUT2D eigenvalue weighted by Crippen LogP contribution is -2.72. The first-order chi connectivity index (χ1) is 26.4. The minimum Gasteiger partial charge on any atom is -0.461 e. The zero-order valence-corrected chi connectivity index (χ0v) is 39.5. The summed E-state index contributed by atoms with van der Waals surface area (Å²) in [7, 11) is 0. The molecule has 11 aliphatic rings. The summed E-state index contributed by atoms with van der Waals surface area (Å²) < 4.78 is 15.2. The third-order valence-corrected chi connectivity index (χ3v) is 21.4. The first-order valence-corrected chi connectivity index (χ1v) is 23.6. The molecule has 0 aromatic carbocycles. The van der Waals surface area contributed by atoms with Gasteiger partial charge in [0.15, 0.2) is 12.1 Å². The van der Waals surface area contributed by atoms with E-state index in [9.17, 15) is 9.59 Å². The molecule has 0 spiro atoms. The normalized spacial score (nSPS) is 49.3. The highest BCUT2D eigenvalue weighted by molar-refractivity contribution is 5.85. The molecule has 6 aliphatic heterocycles. The maximum atomic E-state index is 14.0. The van der Waals surface area contributed by atoms with Gasteiger partial charge in [-0.1, -0.05) is 46.8 Å². The Morgan fingerprint density at radius 1 is 0.672 bits per heavy atom. The number of hydrogen-bond donors (Lipinski definition) is 0. The fraction of sp³-hybridized carbons (Fsp3) is 0.917. The second-order valence-corrected chi connectivity index (χ2v) is 23.3. The van der Waals surface area contributed by atoms with Crippen LogP contribution in [0.4, 0.5) is 0 Å². The van der Waals surface area contributed by atoms with Crippen molar-refractivity contribution in [3.63, 3.8) is 0 Å². The predicted octanol–water partition coefficient (Wildman–Crippen LogP) is 8.01. The molecule has 58 heavy (non-hydrogen) atoms. The predicted molar refractivity (Wildman–Crippen MR) is 236 cm³/mol. The third kappa shape index (κ3) is 6.45. The number of carbonyl (C=O) groups is 2. The van der Waals surface area contributed by atoms with E-state index in [1.54, 1.807) is 0 Å². The van der Waals surface area contributed by atoms with Gasteiger partial charge in [-0.3, -0.25) is 9.80 Å². The van der Waals surface area contributed by atoms with E-state index in [1.165, 1.54) is 56.9 Å². The third-order valence-electron chi connectivity index (χ3n) is 21.4. The Morgan fingerprint density at radius 2 is 1.22 bits per heavy atom. The number of rotatable bonds is 8. The van der Waals surface area contributed by atoms with Crippen molar-refractivity contribution < 1.29 is 28.0 Å². The Morgan fingerprint density at radius 3 is 1.78 bits per heavy atom. The Hall–Kier alpha value is -0.900. The average Bonchev–Trinajstić information content (AvgIpc) is 3.59. The molecule has 4 bridgehead atoms. The first-order valence-electron chi connectivity index (χ1n) is 23.6. The molecule has 8 nitrogen and oxygen atoms in total. The van der Waals surface area contributed by atoms with E-state index in [2.05, 4.69) is 71.8 Å². The van der Waals surface area contributed by atoms with Crippen LogP contribution >= 0.6 is 24.8 Å². The number of fused-ring (bicyclic) bond motifs is 13.